The Hall–Kier alpha value is -2.96. The average Bonchev–Trinajstić information content (AvgIpc) is 2.96. The van der Waals surface area contributed by atoms with Gasteiger partial charge in [0, 0.05) is 42.8 Å². The number of fused-ring (bicyclic) bond motifs is 2. The molecule has 2 aliphatic heterocycles. The van der Waals surface area contributed by atoms with Crippen molar-refractivity contribution in [2.45, 2.75) is 38.6 Å². The van der Waals surface area contributed by atoms with Gasteiger partial charge in [-0.3, -0.25) is 14.7 Å². The Kier molecular flexibility index (Phi) is 6.53. The summed E-state index contributed by atoms with van der Waals surface area (Å²) >= 11 is 0. The van der Waals surface area contributed by atoms with Crippen LogP contribution in [-0.4, -0.2) is 60.0 Å². The van der Waals surface area contributed by atoms with E-state index in [1.54, 1.807) is 0 Å². The molecule has 0 atom stereocenters. The van der Waals surface area contributed by atoms with Gasteiger partial charge in [-0.05, 0) is 64.0 Å². The number of rotatable bonds is 7. The second kappa shape index (κ2) is 9.72. The molecule has 3 heterocycles. The molecule has 0 saturated carbocycles. The summed E-state index contributed by atoms with van der Waals surface area (Å²) in [5.74, 6) is 0.859. The first-order valence-electron chi connectivity index (χ1n) is 12.4. The van der Waals surface area contributed by atoms with E-state index in [0.29, 0.717) is 6.61 Å². The van der Waals surface area contributed by atoms with Crippen LogP contribution in [0.1, 0.15) is 37.9 Å². The maximum absolute atomic E-state index is 12.3. The van der Waals surface area contributed by atoms with Crippen LogP contribution in [0.25, 0.3) is 10.9 Å². The topological polar surface area (TPSA) is 57.7 Å². The first-order chi connectivity index (χ1) is 16.5. The van der Waals surface area contributed by atoms with E-state index in [1.165, 1.54) is 11.8 Å². The smallest absolute Gasteiger partial charge is 0.234 e. The van der Waals surface area contributed by atoms with Gasteiger partial charge < -0.3 is 15.0 Å². The zero-order chi connectivity index (χ0) is 23.5. The second-order valence-corrected chi connectivity index (χ2v) is 9.93. The fourth-order valence-corrected chi connectivity index (χ4v) is 5.09. The van der Waals surface area contributed by atoms with E-state index in [-0.39, 0.29) is 5.91 Å². The van der Waals surface area contributed by atoms with Crippen molar-refractivity contribution < 1.29 is 9.53 Å². The Bertz CT molecular complexity index is 1180. The molecule has 6 nitrogen and oxygen atoms in total. The summed E-state index contributed by atoms with van der Waals surface area (Å²) in [6.45, 7) is 10.9. The number of anilines is 1. The van der Waals surface area contributed by atoms with Crippen molar-refractivity contribution in [2.75, 3.05) is 44.6 Å². The monoisotopic (exact) mass is 458 g/mol. The highest BCUT2D eigenvalue weighted by molar-refractivity contribution is 6.06. The van der Waals surface area contributed by atoms with Crippen molar-refractivity contribution in [2.24, 2.45) is 0 Å². The number of ether oxygens (including phenoxy) is 1. The number of nitrogens with one attached hydrogen (secondary N) is 1. The van der Waals surface area contributed by atoms with Crippen molar-refractivity contribution in [1.29, 1.82) is 0 Å². The van der Waals surface area contributed by atoms with Gasteiger partial charge in [-0.2, -0.15) is 0 Å². The van der Waals surface area contributed by atoms with Gasteiger partial charge in [-0.1, -0.05) is 30.3 Å². The van der Waals surface area contributed by atoms with Gasteiger partial charge in [0.15, 0.2) is 0 Å². The minimum Gasteiger partial charge on any atom is -0.493 e. The Morgan fingerprint density at radius 1 is 0.971 bits per heavy atom. The van der Waals surface area contributed by atoms with Crippen LogP contribution in [0.2, 0.25) is 0 Å². The van der Waals surface area contributed by atoms with E-state index in [9.17, 15) is 4.79 Å². The second-order valence-electron chi connectivity index (χ2n) is 9.93. The normalized spacial score (nSPS) is 18.5. The molecule has 178 valence electrons. The lowest BCUT2D eigenvalue weighted by molar-refractivity contribution is -0.119. The van der Waals surface area contributed by atoms with Crippen LogP contribution in [0, 0.1) is 0 Å². The summed E-state index contributed by atoms with van der Waals surface area (Å²) in [7, 11) is 0. The number of benzene rings is 2. The van der Waals surface area contributed by atoms with E-state index in [2.05, 4.69) is 51.5 Å². The summed E-state index contributed by atoms with van der Waals surface area (Å²) in [5, 5.41) is 4.17. The predicted octanol–water partition coefficient (Wildman–Crippen LogP) is 4.44. The molecule has 2 aromatic carbocycles. The van der Waals surface area contributed by atoms with Crippen molar-refractivity contribution in [3.63, 3.8) is 0 Å². The largest absolute Gasteiger partial charge is 0.493 e. The molecule has 0 unspecified atom stereocenters. The molecular weight excluding hydrogens is 424 g/mol. The number of aromatic nitrogens is 1. The molecule has 1 amide bonds. The van der Waals surface area contributed by atoms with E-state index in [4.69, 9.17) is 9.72 Å². The molecule has 2 aliphatic rings. The molecule has 0 aliphatic carbocycles. The first-order valence-corrected chi connectivity index (χ1v) is 12.4. The standard InChI is InChI=1S/C28H34N4O2/c1-28(2)26-24(30-27(28)33)10-5-11-25(26)34-19-7-16-31-14-6-15-32(18-17-31)20-22-13-12-21-8-3-4-9-23(21)29-22/h3-5,8-13H,6-7,14-20H2,1-2H3,(H,30,33). The van der Waals surface area contributed by atoms with Crippen molar-refractivity contribution >= 4 is 22.5 Å². The lowest BCUT2D eigenvalue weighted by atomic mass is 9.85. The van der Waals surface area contributed by atoms with E-state index in [0.717, 1.165) is 73.9 Å². The summed E-state index contributed by atoms with van der Waals surface area (Å²) in [6.07, 6.45) is 2.14. The minimum atomic E-state index is -0.555. The van der Waals surface area contributed by atoms with E-state index in [1.807, 2.05) is 32.0 Å². The van der Waals surface area contributed by atoms with Crippen molar-refractivity contribution in [3.8, 4) is 5.75 Å². The number of hydrogen-bond donors (Lipinski definition) is 1. The molecule has 1 saturated heterocycles. The first kappa shape index (κ1) is 22.8. The zero-order valence-electron chi connectivity index (χ0n) is 20.2. The maximum atomic E-state index is 12.3. The quantitative estimate of drug-likeness (QED) is 0.531. The number of hydrogen-bond acceptors (Lipinski definition) is 5. The lowest BCUT2D eigenvalue weighted by Crippen LogP contribution is -2.32. The van der Waals surface area contributed by atoms with Gasteiger partial charge in [-0.25, -0.2) is 0 Å². The van der Waals surface area contributed by atoms with E-state index < -0.39 is 5.41 Å². The Labute approximate surface area is 201 Å². The van der Waals surface area contributed by atoms with Crippen LogP contribution < -0.4 is 10.1 Å². The predicted molar refractivity (Wildman–Crippen MR) is 136 cm³/mol. The van der Waals surface area contributed by atoms with Crippen LogP contribution >= 0.6 is 0 Å². The fraction of sp³-hybridized carbons (Fsp3) is 0.429. The average molecular weight is 459 g/mol. The third-order valence-electron chi connectivity index (χ3n) is 7.07. The highest BCUT2D eigenvalue weighted by Gasteiger charge is 2.40. The highest BCUT2D eigenvalue weighted by Crippen LogP contribution is 2.43. The Morgan fingerprint density at radius 2 is 1.79 bits per heavy atom. The summed E-state index contributed by atoms with van der Waals surface area (Å²) in [5.41, 5.74) is 3.52. The van der Waals surface area contributed by atoms with Gasteiger partial charge in [0.1, 0.15) is 5.75 Å². The number of carbonyl (C=O) groups is 1. The van der Waals surface area contributed by atoms with Gasteiger partial charge in [0.25, 0.3) is 0 Å². The number of para-hydroxylation sites is 1. The van der Waals surface area contributed by atoms with Crippen LogP contribution in [0.5, 0.6) is 5.75 Å². The van der Waals surface area contributed by atoms with Crippen molar-refractivity contribution in [3.05, 3.63) is 65.9 Å². The zero-order valence-corrected chi connectivity index (χ0v) is 20.2. The van der Waals surface area contributed by atoms with Crippen molar-refractivity contribution in [1.82, 2.24) is 14.8 Å². The van der Waals surface area contributed by atoms with Gasteiger partial charge in [0.2, 0.25) is 5.91 Å². The Morgan fingerprint density at radius 3 is 2.71 bits per heavy atom. The molecule has 5 rings (SSSR count). The molecule has 1 N–H and O–H groups in total. The molecule has 0 bridgehead atoms. The Balaban J connectivity index is 1.10. The molecule has 34 heavy (non-hydrogen) atoms. The molecule has 0 radical (unpaired) electrons. The van der Waals surface area contributed by atoms with E-state index >= 15 is 0 Å². The molecular formula is C28H34N4O2. The summed E-state index contributed by atoms with van der Waals surface area (Å²) < 4.78 is 6.15. The molecule has 3 aromatic rings. The summed E-state index contributed by atoms with van der Waals surface area (Å²) in [4.78, 5) is 22.2. The number of pyridine rings is 1. The van der Waals surface area contributed by atoms with Crippen LogP contribution in [0.3, 0.4) is 0 Å². The lowest BCUT2D eigenvalue weighted by Gasteiger charge is -2.22. The van der Waals surface area contributed by atoms with Gasteiger partial charge in [-0.15, -0.1) is 0 Å². The van der Waals surface area contributed by atoms with Crippen LogP contribution in [0.4, 0.5) is 5.69 Å². The number of amides is 1. The van der Waals surface area contributed by atoms with Gasteiger partial charge in [0.05, 0.1) is 23.2 Å². The van der Waals surface area contributed by atoms with Crippen LogP contribution in [0.15, 0.2) is 54.6 Å². The SMILES string of the molecule is CC1(C)C(=O)Nc2cccc(OCCCN3CCCN(Cc4ccc5ccccc5n4)CC3)c21. The molecule has 1 aromatic heterocycles. The molecule has 1 fully saturated rings. The third kappa shape index (κ3) is 4.79. The fourth-order valence-electron chi connectivity index (χ4n) is 5.09. The number of carbonyl (C=O) groups excluding carboxylic acids is 1. The summed E-state index contributed by atoms with van der Waals surface area (Å²) in [6, 6.07) is 18.5. The molecule has 6 heteroatoms. The highest BCUT2D eigenvalue weighted by atomic mass is 16.5. The van der Waals surface area contributed by atoms with Crippen LogP contribution in [-0.2, 0) is 16.8 Å². The maximum Gasteiger partial charge on any atom is 0.234 e. The minimum absolute atomic E-state index is 0.0339. The number of nitrogens with zero attached hydrogens (tertiary/aromatic N) is 3. The molecule has 0 spiro atoms. The van der Waals surface area contributed by atoms with Gasteiger partial charge >= 0.3 is 0 Å². The third-order valence-corrected chi connectivity index (χ3v) is 7.07.